The zero-order valence-corrected chi connectivity index (χ0v) is 19.2. The van der Waals surface area contributed by atoms with Gasteiger partial charge in [-0.25, -0.2) is 4.79 Å². The van der Waals surface area contributed by atoms with Gasteiger partial charge in [0.25, 0.3) is 5.91 Å². The summed E-state index contributed by atoms with van der Waals surface area (Å²) in [6.45, 7) is 2.05. The molecule has 0 spiro atoms. The standard InChI is InChI=1S/C27H24ClNO4/c1-3-7-22-21-15-12-19(17-10-13-20(28)14-11-17)16-23(21)33-25(22)26(30)29-24(27(31)32-2)18-8-5-4-6-9-18/h4-6,8-16,24H,3,7H2,1-2H3,(H,29,30). The molecular weight excluding hydrogens is 438 g/mol. The number of methoxy groups -OCH3 is 1. The molecule has 0 aliphatic rings. The lowest BCUT2D eigenvalue weighted by molar-refractivity contribution is -0.143. The van der Waals surface area contributed by atoms with E-state index in [4.69, 9.17) is 20.8 Å². The van der Waals surface area contributed by atoms with Crippen LogP contribution in [0.2, 0.25) is 5.02 Å². The average Bonchev–Trinajstić information content (AvgIpc) is 3.21. The molecule has 3 aromatic carbocycles. The van der Waals surface area contributed by atoms with Crippen LogP contribution in [-0.4, -0.2) is 19.0 Å². The van der Waals surface area contributed by atoms with E-state index in [1.54, 1.807) is 24.3 Å². The number of hydrogen-bond donors (Lipinski definition) is 1. The maximum Gasteiger partial charge on any atom is 0.333 e. The first kappa shape index (κ1) is 22.6. The number of carbonyl (C=O) groups excluding carboxylic acids is 2. The van der Waals surface area contributed by atoms with Crippen LogP contribution in [0.4, 0.5) is 0 Å². The number of hydrogen-bond acceptors (Lipinski definition) is 4. The van der Waals surface area contributed by atoms with E-state index in [1.807, 2.05) is 55.5 Å². The molecule has 4 aromatic rings. The van der Waals surface area contributed by atoms with Crippen LogP contribution in [0.1, 0.15) is 41.1 Å². The molecular formula is C27H24ClNO4. The number of fused-ring (bicyclic) bond motifs is 1. The van der Waals surface area contributed by atoms with Gasteiger partial charge in [-0.2, -0.15) is 0 Å². The molecule has 0 aliphatic heterocycles. The number of furan rings is 1. The molecule has 4 rings (SSSR count). The number of rotatable bonds is 7. The van der Waals surface area contributed by atoms with Crippen molar-refractivity contribution in [2.24, 2.45) is 0 Å². The quantitative estimate of drug-likeness (QED) is 0.325. The summed E-state index contributed by atoms with van der Waals surface area (Å²) in [4.78, 5) is 25.7. The summed E-state index contributed by atoms with van der Waals surface area (Å²) in [5.74, 6) is -0.792. The topological polar surface area (TPSA) is 68.5 Å². The molecule has 1 unspecified atom stereocenters. The first-order valence-corrected chi connectivity index (χ1v) is 11.1. The third-order valence-corrected chi connectivity index (χ3v) is 5.77. The van der Waals surface area contributed by atoms with Gasteiger partial charge in [-0.3, -0.25) is 4.79 Å². The maximum atomic E-state index is 13.3. The molecule has 168 valence electrons. The van der Waals surface area contributed by atoms with Crippen molar-refractivity contribution in [3.8, 4) is 11.1 Å². The molecule has 0 fully saturated rings. The fraction of sp³-hybridized carbons (Fsp3) is 0.185. The molecule has 0 saturated carbocycles. The molecule has 1 aromatic heterocycles. The van der Waals surface area contributed by atoms with Gasteiger partial charge in [0.2, 0.25) is 0 Å². The summed E-state index contributed by atoms with van der Waals surface area (Å²) in [5.41, 5.74) is 4.03. The van der Waals surface area contributed by atoms with Crippen LogP contribution >= 0.6 is 11.6 Å². The Morgan fingerprint density at radius 1 is 1.00 bits per heavy atom. The van der Waals surface area contributed by atoms with E-state index in [9.17, 15) is 9.59 Å². The van der Waals surface area contributed by atoms with Crippen molar-refractivity contribution in [2.75, 3.05) is 7.11 Å². The lowest BCUT2D eigenvalue weighted by atomic mass is 10.0. The first-order valence-electron chi connectivity index (χ1n) is 10.8. The van der Waals surface area contributed by atoms with Gasteiger partial charge in [0.05, 0.1) is 7.11 Å². The third-order valence-electron chi connectivity index (χ3n) is 5.52. The highest BCUT2D eigenvalue weighted by Gasteiger charge is 2.27. The van der Waals surface area contributed by atoms with E-state index in [0.717, 1.165) is 28.5 Å². The van der Waals surface area contributed by atoms with Crippen LogP contribution in [0.25, 0.3) is 22.1 Å². The Balaban J connectivity index is 1.72. The van der Waals surface area contributed by atoms with Crippen molar-refractivity contribution in [1.82, 2.24) is 5.32 Å². The van der Waals surface area contributed by atoms with Gasteiger partial charge >= 0.3 is 5.97 Å². The lowest BCUT2D eigenvalue weighted by Gasteiger charge is -2.16. The van der Waals surface area contributed by atoms with E-state index >= 15 is 0 Å². The predicted octanol–water partition coefficient (Wildman–Crippen LogP) is 6.35. The largest absolute Gasteiger partial charge is 0.467 e. The minimum Gasteiger partial charge on any atom is -0.467 e. The van der Waals surface area contributed by atoms with Crippen LogP contribution in [0.3, 0.4) is 0 Å². The molecule has 6 heteroatoms. The highest BCUT2D eigenvalue weighted by molar-refractivity contribution is 6.30. The second-order valence-corrected chi connectivity index (χ2v) is 8.15. The normalized spacial score (nSPS) is 11.8. The molecule has 0 bridgehead atoms. The van der Waals surface area contributed by atoms with Crippen molar-refractivity contribution >= 4 is 34.4 Å². The van der Waals surface area contributed by atoms with Crippen molar-refractivity contribution in [2.45, 2.75) is 25.8 Å². The average molecular weight is 462 g/mol. The minimum absolute atomic E-state index is 0.213. The summed E-state index contributed by atoms with van der Waals surface area (Å²) in [6.07, 6.45) is 1.51. The summed E-state index contributed by atoms with van der Waals surface area (Å²) in [6, 6.07) is 21.5. The summed E-state index contributed by atoms with van der Waals surface area (Å²) < 4.78 is 11.0. The smallest absolute Gasteiger partial charge is 0.333 e. The van der Waals surface area contributed by atoms with Crippen LogP contribution in [-0.2, 0) is 16.0 Å². The minimum atomic E-state index is -0.934. The van der Waals surface area contributed by atoms with Crippen molar-refractivity contribution < 1.29 is 18.7 Å². The SMILES string of the molecule is CCCc1c(C(=O)NC(C(=O)OC)c2ccccc2)oc2cc(-c3ccc(Cl)cc3)ccc12. The molecule has 1 N–H and O–H groups in total. The first-order chi connectivity index (χ1) is 16.0. The number of esters is 1. The third kappa shape index (κ3) is 4.78. The van der Waals surface area contributed by atoms with E-state index in [0.29, 0.717) is 22.6 Å². The molecule has 0 saturated heterocycles. The van der Waals surface area contributed by atoms with E-state index in [1.165, 1.54) is 7.11 Å². The number of halogens is 1. The van der Waals surface area contributed by atoms with Gasteiger partial charge in [0.15, 0.2) is 11.8 Å². The Bertz CT molecular complexity index is 1280. The number of carbonyl (C=O) groups is 2. The number of nitrogens with one attached hydrogen (secondary N) is 1. The number of benzene rings is 3. The molecule has 1 amide bonds. The van der Waals surface area contributed by atoms with Crippen LogP contribution in [0.5, 0.6) is 0 Å². The Morgan fingerprint density at radius 2 is 1.70 bits per heavy atom. The highest BCUT2D eigenvalue weighted by Crippen LogP contribution is 2.32. The second kappa shape index (κ2) is 9.92. The lowest BCUT2D eigenvalue weighted by Crippen LogP contribution is -2.34. The van der Waals surface area contributed by atoms with E-state index in [-0.39, 0.29) is 5.76 Å². The summed E-state index contributed by atoms with van der Waals surface area (Å²) >= 11 is 6.01. The van der Waals surface area contributed by atoms with E-state index in [2.05, 4.69) is 5.32 Å². The van der Waals surface area contributed by atoms with Gasteiger partial charge in [0, 0.05) is 16.0 Å². The summed E-state index contributed by atoms with van der Waals surface area (Å²) in [5, 5.41) is 4.34. The zero-order valence-electron chi connectivity index (χ0n) is 18.4. The molecule has 33 heavy (non-hydrogen) atoms. The Labute approximate surface area is 197 Å². The highest BCUT2D eigenvalue weighted by atomic mass is 35.5. The Hall–Kier alpha value is -3.57. The number of aryl methyl sites for hydroxylation is 1. The van der Waals surface area contributed by atoms with Crippen LogP contribution < -0.4 is 5.32 Å². The fourth-order valence-electron chi connectivity index (χ4n) is 3.89. The van der Waals surface area contributed by atoms with Gasteiger partial charge in [0.1, 0.15) is 5.58 Å². The van der Waals surface area contributed by atoms with Gasteiger partial charge < -0.3 is 14.5 Å². The Kier molecular flexibility index (Phi) is 6.80. The van der Waals surface area contributed by atoms with Crippen molar-refractivity contribution in [3.05, 3.63) is 94.7 Å². The number of ether oxygens (including phenoxy) is 1. The van der Waals surface area contributed by atoms with Gasteiger partial charge in [-0.15, -0.1) is 0 Å². The number of amides is 1. The maximum absolute atomic E-state index is 13.3. The van der Waals surface area contributed by atoms with Crippen molar-refractivity contribution in [1.29, 1.82) is 0 Å². The summed E-state index contributed by atoms with van der Waals surface area (Å²) in [7, 11) is 1.30. The van der Waals surface area contributed by atoms with Gasteiger partial charge in [-0.05, 0) is 41.3 Å². The van der Waals surface area contributed by atoms with Crippen LogP contribution in [0.15, 0.2) is 77.2 Å². The molecule has 1 heterocycles. The molecule has 1 atom stereocenters. The van der Waals surface area contributed by atoms with E-state index < -0.39 is 17.9 Å². The second-order valence-electron chi connectivity index (χ2n) is 7.72. The molecule has 5 nitrogen and oxygen atoms in total. The van der Waals surface area contributed by atoms with Gasteiger partial charge in [-0.1, -0.05) is 79.5 Å². The fourth-order valence-corrected chi connectivity index (χ4v) is 4.02. The molecule has 0 aliphatic carbocycles. The Morgan fingerprint density at radius 3 is 2.36 bits per heavy atom. The van der Waals surface area contributed by atoms with Crippen LogP contribution in [0, 0.1) is 0 Å². The predicted molar refractivity (Wildman–Crippen MR) is 129 cm³/mol. The zero-order chi connectivity index (χ0) is 23.4. The van der Waals surface area contributed by atoms with Crippen molar-refractivity contribution in [3.63, 3.8) is 0 Å². The monoisotopic (exact) mass is 461 g/mol. The molecule has 0 radical (unpaired) electrons.